The van der Waals surface area contributed by atoms with Crippen molar-refractivity contribution in [2.24, 2.45) is 0 Å². The average Bonchev–Trinajstić information content (AvgIpc) is 2.48. The monoisotopic (exact) mass is 332 g/mol. The van der Waals surface area contributed by atoms with E-state index in [-0.39, 0.29) is 22.4 Å². The summed E-state index contributed by atoms with van der Waals surface area (Å²) in [5, 5.41) is 48.0. The molecule has 0 saturated heterocycles. The van der Waals surface area contributed by atoms with E-state index in [0.717, 1.165) is 18.2 Å². The van der Waals surface area contributed by atoms with E-state index < -0.39 is 41.2 Å². The van der Waals surface area contributed by atoms with E-state index in [1.165, 1.54) is 12.1 Å². The zero-order valence-electron chi connectivity index (χ0n) is 12.0. The molecule has 0 fully saturated rings. The molecule has 0 spiro atoms. The fraction of sp³-hybridized carbons (Fsp3) is 0.125. The number of ether oxygens (including phenoxy) is 1. The van der Waals surface area contributed by atoms with Gasteiger partial charge in [0.1, 0.15) is 23.5 Å². The summed E-state index contributed by atoms with van der Waals surface area (Å²) in [5.74, 6) is -5.52. The molecule has 8 nitrogen and oxygen atoms in total. The van der Waals surface area contributed by atoms with Crippen LogP contribution < -0.4 is 0 Å². The summed E-state index contributed by atoms with van der Waals surface area (Å²) < 4.78 is 5.13. The van der Waals surface area contributed by atoms with Gasteiger partial charge in [-0.05, 0) is 29.8 Å². The van der Waals surface area contributed by atoms with Gasteiger partial charge in [0.15, 0.2) is 11.5 Å². The summed E-state index contributed by atoms with van der Waals surface area (Å²) in [6, 6.07) is 5.35. The number of aliphatic carboxylic acids is 1. The molecule has 0 radical (unpaired) electrons. The SMILES string of the molecule is O=C1O[C@H](c2ccc(O)cc2O)[C@@H](C(=O)O)c2cc(O)c(O)cc21. The maximum absolute atomic E-state index is 12.1. The highest BCUT2D eigenvalue weighted by molar-refractivity contribution is 5.97. The van der Waals surface area contributed by atoms with Crippen LogP contribution in [0.2, 0.25) is 0 Å². The van der Waals surface area contributed by atoms with Crippen LogP contribution in [0.3, 0.4) is 0 Å². The van der Waals surface area contributed by atoms with Crippen LogP contribution in [0.4, 0.5) is 0 Å². The van der Waals surface area contributed by atoms with Crippen molar-refractivity contribution < 1.29 is 39.9 Å². The predicted octanol–water partition coefficient (Wildman–Crippen LogP) is 1.59. The maximum Gasteiger partial charge on any atom is 0.339 e. The first-order chi connectivity index (χ1) is 11.3. The number of phenols is 4. The number of carbonyl (C=O) groups is 2. The largest absolute Gasteiger partial charge is 0.508 e. The first kappa shape index (κ1) is 15.5. The Bertz CT molecular complexity index is 857. The van der Waals surface area contributed by atoms with Gasteiger partial charge in [0, 0.05) is 11.6 Å². The van der Waals surface area contributed by atoms with Gasteiger partial charge in [-0.3, -0.25) is 4.79 Å². The van der Waals surface area contributed by atoms with Crippen LogP contribution in [0.25, 0.3) is 0 Å². The highest BCUT2D eigenvalue weighted by Crippen LogP contribution is 2.46. The molecule has 3 rings (SSSR count). The summed E-state index contributed by atoms with van der Waals surface area (Å²) in [4.78, 5) is 23.9. The molecule has 1 aliphatic heterocycles. The zero-order valence-corrected chi connectivity index (χ0v) is 12.0. The minimum Gasteiger partial charge on any atom is -0.508 e. The Morgan fingerprint density at radius 1 is 0.917 bits per heavy atom. The Labute approximate surface area is 134 Å². The fourth-order valence-electron chi connectivity index (χ4n) is 2.72. The summed E-state index contributed by atoms with van der Waals surface area (Å²) in [5.41, 5.74) is -0.245. The zero-order chi connectivity index (χ0) is 17.6. The molecule has 0 aliphatic carbocycles. The third-order valence-corrected chi connectivity index (χ3v) is 3.83. The quantitative estimate of drug-likeness (QED) is 0.412. The minimum atomic E-state index is -1.42. The Hall–Kier alpha value is -3.42. The lowest BCUT2D eigenvalue weighted by Crippen LogP contribution is -2.31. The van der Waals surface area contributed by atoms with E-state index >= 15 is 0 Å². The third kappa shape index (κ3) is 2.34. The molecular formula is C16H12O8. The molecule has 2 aromatic carbocycles. The van der Waals surface area contributed by atoms with Gasteiger partial charge in [0.05, 0.1) is 5.56 Å². The third-order valence-electron chi connectivity index (χ3n) is 3.83. The van der Waals surface area contributed by atoms with E-state index in [4.69, 9.17) is 4.74 Å². The number of rotatable bonds is 2. The van der Waals surface area contributed by atoms with Crippen LogP contribution in [-0.2, 0) is 9.53 Å². The number of hydrogen-bond acceptors (Lipinski definition) is 7. The minimum absolute atomic E-state index is 0.00763. The van der Waals surface area contributed by atoms with Crippen molar-refractivity contribution in [3.63, 3.8) is 0 Å². The van der Waals surface area contributed by atoms with Gasteiger partial charge >= 0.3 is 11.9 Å². The molecule has 0 bridgehead atoms. The Morgan fingerprint density at radius 2 is 1.58 bits per heavy atom. The molecule has 124 valence electrons. The van der Waals surface area contributed by atoms with Crippen molar-refractivity contribution >= 4 is 11.9 Å². The molecule has 0 unspecified atom stereocenters. The van der Waals surface area contributed by atoms with Crippen LogP contribution in [0.15, 0.2) is 30.3 Å². The normalized spacial score (nSPS) is 19.4. The number of carboxylic acids is 1. The van der Waals surface area contributed by atoms with Crippen molar-refractivity contribution in [2.75, 3.05) is 0 Å². The molecule has 2 atom stereocenters. The number of hydrogen-bond donors (Lipinski definition) is 5. The van der Waals surface area contributed by atoms with E-state index in [9.17, 15) is 35.1 Å². The Balaban J connectivity index is 2.20. The number of esters is 1. The van der Waals surface area contributed by atoms with E-state index in [1.807, 2.05) is 0 Å². The molecule has 0 aromatic heterocycles. The van der Waals surface area contributed by atoms with Gasteiger partial charge in [-0.2, -0.15) is 0 Å². The van der Waals surface area contributed by atoms with Crippen molar-refractivity contribution in [3.05, 3.63) is 47.0 Å². The number of aromatic hydroxyl groups is 4. The van der Waals surface area contributed by atoms with Crippen molar-refractivity contribution in [2.45, 2.75) is 12.0 Å². The topological polar surface area (TPSA) is 145 Å². The van der Waals surface area contributed by atoms with Crippen molar-refractivity contribution in [1.29, 1.82) is 0 Å². The molecule has 5 N–H and O–H groups in total. The van der Waals surface area contributed by atoms with E-state index in [2.05, 4.69) is 0 Å². The molecule has 24 heavy (non-hydrogen) atoms. The molecule has 8 heteroatoms. The van der Waals surface area contributed by atoms with Crippen LogP contribution >= 0.6 is 0 Å². The highest BCUT2D eigenvalue weighted by Gasteiger charge is 2.43. The lowest BCUT2D eigenvalue weighted by atomic mass is 9.83. The smallest absolute Gasteiger partial charge is 0.339 e. The van der Waals surface area contributed by atoms with Crippen LogP contribution in [0.5, 0.6) is 23.0 Å². The van der Waals surface area contributed by atoms with Gasteiger partial charge in [0.25, 0.3) is 0 Å². The summed E-state index contributed by atoms with van der Waals surface area (Å²) in [6.45, 7) is 0. The van der Waals surface area contributed by atoms with Crippen LogP contribution in [-0.4, -0.2) is 37.5 Å². The fourth-order valence-corrected chi connectivity index (χ4v) is 2.72. The van der Waals surface area contributed by atoms with Gasteiger partial charge < -0.3 is 30.3 Å². The number of cyclic esters (lactones) is 1. The second-order valence-electron chi connectivity index (χ2n) is 5.31. The highest BCUT2D eigenvalue weighted by atomic mass is 16.5. The first-order valence-corrected chi connectivity index (χ1v) is 6.81. The van der Waals surface area contributed by atoms with Crippen LogP contribution in [0.1, 0.15) is 33.5 Å². The van der Waals surface area contributed by atoms with Crippen LogP contribution in [0, 0.1) is 0 Å². The summed E-state index contributed by atoms with van der Waals surface area (Å²) in [6.07, 6.45) is -1.37. The lowest BCUT2D eigenvalue weighted by Gasteiger charge is -2.31. The number of fused-ring (bicyclic) bond motifs is 1. The number of benzene rings is 2. The molecule has 1 heterocycles. The Kier molecular flexibility index (Phi) is 3.44. The van der Waals surface area contributed by atoms with Crippen molar-refractivity contribution in [3.8, 4) is 23.0 Å². The maximum atomic E-state index is 12.1. The van der Waals surface area contributed by atoms with E-state index in [0.29, 0.717) is 0 Å². The standard InChI is InChI=1S/C16H12O8/c17-6-1-2-7(10(18)3-6)14-13(15(21)22)8-4-11(19)12(20)5-9(8)16(23)24-14/h1-5,13-14,17-20H,(H,21,22)/t13-,14+/m0/s1. The second kappa shape index (κ2) is 5.34. The van der Waals surface area contributed by atoms with Gasteiger partial charge in [-0.1, -0.05) is 0 Å². The molecule has 0 amide bonds. The van der Waals surface area contributed by atoms with Crippen molar-refractivity contribution in [1.82, 2.24) is 0 Å². The molecule has 1 aliphatic rings. The number of carboxylic acid groups (broad SMARTS) is 1. The van der Waals surface area contributed by atoms with Gasteiger partial charge in [-0.25, -0.2) is 4.79 Å². The number of carbonyl (C=O) groups excluding carboxylic acids is 1. The van der Waals surface area contributed by atoms with Gasteiger partial charge in [0.2, 0.25) is 0 Å². The second-order valence-corrected chi connectivity index (χ2v) is 5.31. The first-order valence-electron chi connectivity index (χ1n) is 6.81. The van der Waals surface area contributed by atoms with Gasteiger partial charge in [-0.15, -0.1) is 0 Å². The summed E-state index contributed by atoms with van der Waals surface area (Å²) in [7, 11) is 0. The molecule has 0 saturated carbocycles. The van der Waals surface area contributed by atoms with E-state index in [1.54, 1.807) is 0 Å². The summed E-state index contributed by atoms with van der Waals surface area (Å²) >= 11 is 0. The molecular weight excluding hydrogens is 320 g/mol. The lowest BCUT2D eigenvalue weighted by molar-refractivity contribution is -0.142. The Morgan fingerprint density at radius 3 is 2.21 bits per heavy atom. The number of phenolic OH excluding ortho intramolecular Hbond substituents is 4. The molecule has 2 aromatic rings. The average molecular weight is 332 g/mol. The predicted molar refractivity (Wildman–Crippen MR) is 78.1 cm³/mol.